The van der Waals surface area contributed by atoms with Gasteiger partial charge in [-0.05, 0) is 56.0 Å². The van der Waals surface area contributed by atoms with Crippen LogP contribution in [0.25, 0.3) is 0 Å². The Kier molecular flexibility index (Phi) is 4.75. The molecule has 1 fully saturated rings. The van der Waals surface area contributed by atoms with Crippen molar-refractivity contribution in [3.63, 3.8) is 0 Å². The third-order valence-electron chi connectivity index (χ3n) is 5.01. The van der Waals surface area contributed by atoms with Crippen LogP contribution in [-0.4, -0.2) is 29.4 Å². The van der Waals surface area contributed by atoms with Crippen LogP contribution in [0.5, 0.6) is 5.75 Å². The molecule has 2 aromatic carbocycles. The van der Waals surface area contributed by atoms with Gasteiger partial charge in [0.1, 0.15) is 22.9 Å². The minimum atomic E-state index is -0.925. The van der Waals surface area contributed by atoms with Gasteiger partial charge in [-0.2, -0.15) is 0 Å². The molecule has 1 unspecified atom stereocenters. The molecular weight excluding hydrogens is 366 g/mol. The molecule has 2 amide bonds. The van der Waals surface area contributed by atoms with Crippen molar-refractivity contribution < 1.29 is 23.1 Å². The third kappa shape index (κ3) is 3.69. The van der Waals surface area contributed by atoms with Crippen molar-refractivity contribution in [1.29, 1.82) is 0 Å². The Bertz CT molecular complexity index is 923. The first-order valence-electron chi connectivity index (χ1n) is 9.26. The Hall–Kier alpha value is -2.96. The number of hydrogen-bond donors (Lipinski definition) is 1. The van der Waals surface area contributed by atoms with E-state index in [1.54, 1.807) is 30.0 Å². The van der Waals surface area contributed by atoms with E-state index in [0.29, 0.717) is 30.4 Å². The monoisotopic (exact) mass is 386 g/mol. The molecule has 0 aromatic heterocycles. The molecule has 0 bridgehead atoms. The van der Waals surface area contributed by atoms with Gasteiger partial charge in [0.05, 0.1) is 0 Å². The lowest BCUT2D eigenvalue weighted by atomic mass is 10.1. The number of benzene rings is 2. The van der Waals surface area contributed by atoms with Crippen LogP contribution in [0.1, 0.15) is 35.7 Å². The van der Waals surface area contributed by atoms with Crippen LogP contribution in [0.4, 0.5) is 14.5 Å². The summed E-state index contributed by atoms with van der Waals surface area (Å²) in [4.78, 5) is 26.6. The zero-order chi connectivity index (χ0) is 19.8. The number of carbonyl (C=O) groups excluding carboxylic acids is 2. The molecule has 1 aliphatic carbocycles. The molecule has 146 valence electrons. The summed E-state index contributed by atoms with van der Waals surface area (Å²) in [6.45, 7) is 2.77. The maximum Gasteiger partial charge on any atom is 0.263 e. The van der Waals surface area contributed by atoms with Crippen LogP contribution in [0, 0.1) is 17.6 Å². The van der Waals surface area contributed by atoms with E-state index >= 15 is 0 Å². The van der Waals surface area contributed by atoms with Gasteiger partial charge in [0.15, 0.2) is 6.10 Å². The molecule has 1 atom stereocenters. The van der Waals surface area contributed by atoms with Crippen LogP contribution >= 0.6 is 0 Å². The second kappa shape index (κ2) is 7.22. The van der Waals surface area contributed by atoms with Gasteiger partial charge >= 0.3 is 0 Å². The number of hydrogen-bond acceptors (Lipinski definition) is 3. The zero-order valence-electron chi connectivity index (χ0n) is 15.4. The number of ether oxygens (including phenoxy) is 1. The molecule has 1 aliphatic heterocycles. The van der Waals surface area contributed by atoms with E-state index in [-0.39, 0.29) is 5.91 Å². The van der Waals surface area contributed by atoms with E-state index in [9.17, 15) is 18.4 Å². The van der Waals surface area contributed by atoms with Crippen LogP contribution in [-0.2, 0) is 11.3 Å². The Morgan fingerprint density at radius 3 is 2.61 bits per heavy atom. The van der Waals surface area contributed by atoms with Crippen molar-refractivity contribution >= 4 is 17.5 Å². The maximum absolute atomic E-state index is 13.8. The van der Waals surface area contributed by atoms with Crippen LogP contribution in [0.2, 0.25) is 0 Å². The van der Waals surface area contributed by atoms with Gasteiger partial charge in [0, 0.05) is 24.3 Å². The normalized spacial score (nSPS) is 18.9. The molecule has 0 spiro atoms. The fourth-order valence-electron chi connectivity index (χ4n) is 3.35. The predicted octanol–water partition coefficient (Wildman–Crippen LogP) is 3.74. The lowest BCUT2D eigenvalue weighted by Gasteiger charge is -2.22. The van der Waals surface area contributed by atoms with E-state index in [1.807, 2.05) is 0 Å². The smallest absolute Gasteiger partial charge is 0.263 e. The molecule has 1 saturated carbocycles. The summed E-state index contributed by atoms with van der Waals surface area (Å²) >= 11 is 0. The third-order valence-corrected chi connectivity index (χ3v) is 5.01. The summed E-state index contributed by atoms with van der Waals surface area (Å²) in [6.07, 6.45) is 1.65. The van der Waals surface area contributed by atoms with Crippen molar-refractivity contribution in [2.45, 2.75) is 32.4 Å². The number of carbonyl (C=O) groups is 2. The zero-order valence-corrected chi connectivity index (χ0v) is 15.4. The average molecular weight is 386 g/mol. The predicted molar refractivity (Wildman–Crippen MR) is 99.0 cm³/mol. The summed E-state index contributed by atoms with van der Waals surface area (Å²) in [6, 6.07) is 8.19. The van der Waals surface area contributed by atoms with Crippen molar-refractivity contribution in [2.24, 2.45) is 5.92 Å². The molecule has 1 N–H and O–H groups in total. The number of rotatable bonds is 4. The van der Waals surface area contributed by atoms with Crippen molar-refractivity contribution in [3.05, 3.63) is 59.2 Å². The molecule has 0 radical (unpaired) electrons. The summed E-state index contributed by atoms with van der Waals surface area (Å²) in [5.74, 6) is -1.69. The van der Waals surface area contributed by atoms with Crippen LogP contribution in [0.3, 0.4) is 0 Å². The largest absolute Gasteiger partial charge is 0.481 e. The highest BCUT2D eigenvalue weighted by Gasteiger charge is 2.32. The van der Waals surface area contributed by atoms with E-state index in [2.05, 4.69) is 5.32 Å². The average Bonchev–Trinajstić information content (AvgIpc) is 3.46. The highest BCUT2D eigenvalue weighted by atomic mass is 19.1. The molecule has 7 heteroatoms. The van der Waals surface area contributed by atoms with Gasteiger partial charge in [0.2, 0.25) is 0 Å². The fourth-order valence-corrected chi connectivity index (χ4v) is 3.35. The maximum atomic E-state index is 13.8. The Morgan fingerprint density at radius 2 is 1.93 bits per heavy atom. The van der Waals surface area contributed by atoms with E-state index in [4.69, 9.17) is 4.74 Å². The van der Waals surface area contributed by atoms with E-state index in [1.165, 1.54) is 6.07 Å². The number of halogens is 2. The standard InChI is InChI=1S/C21H20F2N2O3/c1-12-21(27)25(10-13-5-6-13)11-14-9-15(7-8-18(14)28-12)24-20(26)19-16(22)3-2-4-17(19)23/h2-4,7-9,12-13H,5-6,10-11H2,1H3,(H,24,26). The minimum absolute atomic E-state index is 0.0675. The van der Waals surface area contributed by atoms with Gasteiger partial charge in [-0.3, -0.25) is 9.59 Å². The lowest BCUT2D eigenvalue weighted by molar-refractivity contribution is -0.137. The topological polar surface area (TPSA) is 58.6 Å². The summed E-state index contributed by atoms with van der Waals surface area (Å²) in [5, 5.41) is 2.52. The Labute approximate surface area is 161 Å². The van der Waals surface area contributed by atoms with Gasteiger partial charge < -0.3 is 15.0 Å². The van der Waals surface area contributed by atoms with E-state index < -0.39 is 29.2 Å². The second-order valence-electron chi connectivity index (χ2n) is 7.30. The SMILES string of the molecule is CC1Oc2ccc(NC(=O)c3c(F)cccc3F)cc2CN(CC2CC2)C1=O. The molecule has 4 rings (SSSR count). The molecular formula is C21H20F2N2O3. The first kappa shape index (κ1) is 18.4. The quantitative estimate of drug-likeness (QED) is 0.871. The first-order chi connectivity index (χ1) is 13.4. The van der Waals surface area contributed by atoms with Gasteiger partial charge in [-0.1, -0.05) is 6.07 Å². The molecule has 2 aromatic rings. The summed E-state index contributed by atoms with van der Waals surface area (Å²) < 4.78 is 33.4. The molecule has 5 nitrogen and oxygen atoms in total. The number of nitrogens with zero attached hydrogens (tertiary/aromatic N) is 1. The highest BCUT2D eigenvalue weighted by Crippen LogP contribution is 2.34. The second-order valence-corrected chi connectivity index (χ2v) is 7.30. The Balaban J connectivity index is 1.58. The molecule has 0 saturated heterocycles. The lowest BCUT2D eigenvalue weighted by Crippen LogP contribution is -2.39. The summed E-state index contributed by atoms with van der Waals surface area (Å²) in [5.41, 5.74) is 0.487. The fraction of sp³-hybridized carbons (Fsp3) is 0.333. The van der Waals surface area contributed by atoms with E-state index in [0.717, 1.165) is 30.5 Å². The van der Waals surface area contributed by atoms with Crippen molar-refractivity contribution in [1.82, 2.24) is 4.90 Å². The van der Waals surface area contributed by atoms with Crippen molar-refractivity contribution in [2.75, 3.05) is 11.9 Å². The molecule has 1 heterocycles. The summed E-state index contributed by atoms with van der Waals surface area (Å²) in [7, 11) is 0. The number of fused-ring (bicyclic) bond motifs is 1. The Morgan fingerprint density at radius 1 is 1.21 bits per heavy atom. The van der Waals surface area contributed by atoms with Crippen molar-refractivity contribution in [3.8, 4) is 5.75 Å². The number of anilines is 1. The van der Waals surface area contributed by atoms with Crippen LogP contribution in [0.15, 0.2) is 36.4 Å². The van der Waals surface area contributed by atoms with Gasteiger partial charge in [-0.15, -0.1) is 0 Å². The molecule has 28 heavy (non-hydrogen) atoms. The highest BCUT2D eigenvalue weighted by molar-refractivity contribution is 6.04. The first-order valence-corrected chi connectivity index (χ1v) is 9.26. The van der Waals surface area contributed by atoms with Gasteiger partial charge in [-0.25, -0.2) is 8.78 Å². The van der Waals surface area contributed by atoms with Crippen LogP contribution < -0.4 is 10.1 Å². The molecule has 2 aliphatic rings. The number of nitrogens with one attached hydrogen (secondary N) is 1. The minimum Gasteiger partial charge on any atom is -0.481 e. The van der Waals surface area contributed by atoms with Gasteiger partial charge in [0.25, 0.3) is 11.8 Å². The number of amides is 2.